The Labute approximate surface area is 197 Å². The Balaban J connectivity index is 1.42. The van der Waals surface area contributed by atoms with Gasteiger partial charge in [0.15, 0.2) is 5.83 Å². The smallest absolute Gasteiger partial charge is 0.373 e. The van der Waals surface area contributed by atoms with Gasteiger partial charge in [0.1, 0.15) is 23.0 Å². The number of benzene rings is 3. The summed E-state index contributed by atoms with van der Waals surface area (Å²) in [6, 6.07) is 14.5. The molecule has 1 saturated heterocycles. The first-order valence-electron chi connectivity index (χ1n) is 10.9. The number of halogens is 7. The number of alkyl halides is 3. The fourth-order valence-electron chi connectivity index (χ4n) is 4.28. The summed E-state index contributed by atoms with van der Waals surface area (Å²) in [6.07, 6.45) is -3.85. The molecule has 3 aromatic rings. The van der Waals surface area contributed by atoms with Crippen molar-refractivity contribution in [2.45, 2.75) is 38.0 Å². The van der Waals surface area contributed by atoms with E-state index >= 15 is 0 Å². The molecule has 0 bridgehead atoms. The molecule has 2 atom stereocenters. The molecule has 1 aliphatic heterocycles. The molecule has 2 unspecified atom stereocenters. The van der Waals surface area contributed by atoms with Gasteiger partial charge in [-0.25, -0.2) is 17.6 Å². The largest absolute Gasteiger partial charge is 0.422 e. The quantitative estimate of drug-likeness (QED) is 0.329. The summed E-state index contributed by atoms with van der Waals surface area (Å²) in [4.78, 5) is 0. The third-order valence-corrected chi connectivity index (χ3v) is 6.16. The van der Waals surface area contributed by atoms with Crippen molar-refractivity contribution in [3.05, 3.63) is 100 Å². The van der Waals surface area contributed by atoms with E-state index in [0.717, 1.165) is 24.5 Å². The summed E-state index contributed by atoms with van der Waals surface area (Å²) in [5, 5.41) is 0. The summed E-state index contributed by atoms with van der Waals surface area (Å²) in [7, 11) is 0. The predicted molar refractivity (Wildman–Crippen MR) is 119 cm³/mol. The van der Waals surface area contributed by atoms with Crippen molar-refractivity contribution in [3.8, 4) is 11.1 Å². The van der Waals surface area contributed by atoms with Crippen molar-refractivity contribution < 1.29 is 35.5 Å². The molecule has 0 spiro atoms. The zero-order valence-electron chi connectivity index (χ0n) is 18.6. The summed E-state index contributed by atoms with van der Waals surface area (Å²) >= 11 is 0. The van der Waals surface area contributed by atoms with Crippen molar-refractivity contribution in [2.75, 3.05) is 6.61 Å². The monoisotopic (exact) mass is 494 g/mol. The summed E-state index contributed by atoms with van der Waals surface area (Å²) < 4.78 is 99.0. The molecule has 0 amide bonds. The molecule has 1 nitrogen and oxygen atoms in total. The lowest BCUT2D eigenvalue weighted by Crippen LogP contribution is -2.19. The summed E-state index contributed by atoms with van der Waals surface area (Å²) in [5.74, 6) is -4.99. The Kier molecular flexibility index (Phi) is 7.03. The zero-order chi connectivity index (χ0) is 25.3. The Morgan fingerprint density at radius 3 is 1.86 bits per heavy atom. The fraction of sp³-hybridized carbons (Fsp3) is 0.259. The molecule has 0 radical (unpaired) electrons. The number of allylic oxidation sites excluding steroid dienone is 1. The van der Waals surface area contributed by atoms with E-state index in [1.54, 1.807) is 36.4 Å². The normalized spacial score (nSPS) is 19.4. The highest BCUT2D eigenvalue weighted by Gasteiger charge is 2.38. The van der Waals surface area contributed by atoms with Crippen LogP contribution in [0.4, 0.5) is 30.7 Å². The van der Waals surface area contributed by atoms with Gasteiger partial charge in [-0.3, -0.25) is 0 Å². The third-order valence-electron chi connectivity index (χ3n) is 6.16. The Morgan fingerprint density at radius 1 is 0.800 bits per heavy atom. The second-order valence-electron chi connectivity index (χ2n) is 8.50. The second-order valence-corrected chi connectivity index (χ2v) is 8.50. The molecule has 3 aromatic carbocycles. The molecule has 184 valence electrons. The van der Waals surface area contributed by atoms with Gasteiger partial charge in [0, 0.05) is 11.5 Å². The van der Waals surface area contributed by atoms with Crippen LogP contribution in [-0.4, -0.2) is 6.61 Å². The highest BCUT2D eigenvalue weighted by atomic mass is 19.4. The number of hydrogen-bond donors (Lipinski definition) is 0. The van der Waals surface area contributed by atoms with Crippen molar-refractivity contribution in [3.63, 3.8) is 0 Å². The van der Waals surface area contributed by atoms with Gasteiger partial charge in [-0.15, -0.1) is 0 Å². The summed E-state index contributed by atoms with van der Waals surface area (Å²) in [6.45, 7) is 1.48. The van der Waals surface area contributed by atoms with Crippen LogP contribution in [0.1, 0.15) is 54.0 Å². The van der Waals surface area contributed by atoms with E-state index in [4.69, 9.17) is 4.74 Å². The molecule has 1 heterocycles. The van der Waals surface area contributed by atoms with Crippen LogP contribution < -0.4 is 0 Å². The van der Waals surface area contributed by atoms with Crippen LogP contribution in [-0.2, 0) is 10.9 Å². The van der Waals surface area contributed by atoms with Crippen LogP contribution in [0.5, 0.6) is 0 Å². The van der Waals surface area contributed by atoms with Crippen LogP contribution >= 0.6 is 0 Å². The van der Waals surface area contributed by atoms with Crippen molar-refractivity contribution in [1.29, 1.82) is 0 Å². The first-order chi connectivity index (χ1) is 16.5. The maximum absolute atomic E-state index is 13.9. The average Bonchev–Trinajstić information content (AvgIpc) is 2.82. The highest BCUT2D eigenvalue weighted by Crippen LogP contribution is 2.38. The van der Waals surface area contributed by atoms with E-state index in [2.05, 4.69) is 0 Å². The molecule has 0 aromatic heterocycles. The van der Waals surface area contributed by atoms with Gasteiger partial charge in [0.2, 0.25) is 0 Å². The van der Waals surface area contributed by atoms with Gasteiger partial charge < -0.3 is 4.74 Å². The van der Waals surface area contributed by atoms with Gasteiger partial charge in [0.25, 0.3) is 0 Å². The molecular formula is C27H21F7O. The van der Waals surface area contributed by atoms with Crippen LogP contribution in [0.15, 0.2) is 66.5 Å². The highest BCUT2D eigenvalue weighted by molar-refractivity contribution is 5.65. The number of rotatable bonds is 4. The first kappa shape index (κ1) is 25.0. The zero-order valence-corrected chi connectivity index (χ0v) is 18.6. The first-order valence-corrected chi connectivity index (χ1v) is 10.9. The van der Waals surface area contributed by atoms with Gasteiger partial charge in [-0.2, -0.15) is 13.2 Å². The van der Waals surface area contributed by atoms with E-state index in [9.17, 15) is 30.7 Å². The maximum atomic E-state index is 13.9. The minimum atomic E-state index is -5.12. The maximum Gasteiger partial charge on any atom is 0.422 e. The third kappa shape index (κ3) is 5.42. The minimum Gasteiger partial charge on any atom is -0.373 e. The van der Waals surface area contributed by atoms with E-state index in [1.807, 2.05) is 0 Å². The lowest BCUT2D eigenvalue weighted by molar-refractivity contribution is -0.142. The van der Waals surface area contributed by atoms with E-state index in [0.29, 0.717) is 30.7 Å². The van der Waals surface area contributed by atoms with Crippen LogP contribution in [0, 0.1) is 11.6 Å². The van der Waals surface area contributed by atoms with E-state index < -0.39 is 35.0 Å². The van der Waals surface area contributed by atoms with Crippen molar-refractivity contribution >= 4 is 5.83 Å². The molecule has 4 rings (SSSR count). The molecule has 0 aliphatic carbocycles. The van der Waals surface area contributed by atoms with Crippen LogP contribution in [0.25, 0.3) is 17.0 Å². The van der Waals surface area contributed by atoms with Gasteiger partial charge in [-0.05, 0) is 54.2 Å². The van der Waals surface area contributed by atoms with Gasteiger partial charge in [-0.1, -0.05) is 48.5 Å². The lowest BCUT2D eigenvalue weighted by atomic mass is 9.88. The topological polar surface area (TPSA) is 9.23 Å². The van der Waals surface area contributed by atoms with E-state index in [-0.39, 0.29) is 23.1 Å². The number of ether oxygens (including phenoxy) is 1. The summed E-state index contributed by atoms with van der Waals surface area (Å²) in [5.41, 5.74) is 0.438. The van der Waals surface area contributed by atoms with Crippen molar-refractivity contribution in [1.82, 2.24) is 0 Å². The molecule has 0 saturated carbocycles. The Hall–Kier alpha value is -3.13. The molecular weight excluding hydrogens is 473 g/mol. The predicted octanol–water partition coefficient (Wildman–Crippen LogP) is 8.91. The van der Waals surface area contributed by atoms with Crippen LogP contribution in [0.3, 0.4) is 0 Å². The molecule has 8 heteroatoms. The lowest BCUT2D eigenvalue weighted by Gasteiger charge is -2.30. The van der Waals surface area contributed by atoms with Gasteiger partial charge >= 0.3 is 6.18 Å². The molecule has 1 fully saturated rings. The number of hydrogen-bond acceptors (Lipinski definition) is 1. The average molecular weight is 494 g/mol. The Morgan fingerprint density at radius 2 is 1.37 bits per heavy atom. The van der Waals surface area contributed by atoms with Crippen molar-refractivity contribution in [2.24, 2.45) is 0 Å². The molecule has 0 N–H and O–H groups in total. The standard InChI is InChI=1S/C27H21F7O/c1-15(28)26(31)19-8-4-16(5-9-19)20-10-11-24(35-14-20)18-6-2-17(3-7-18)21-12-22(29)25(23(30)13-21)27(32,33)34/h2-9,12-13,20,24H,10-11,14H2,1H3. The van der Waals surface area contributed by atoms with Crippen LogP contribution in [0.2, 0.25) is 0 Å². The Bertz CT molecular complexity index is 1190. The minimum absolute atomic E-state index is 0.00172. The SMILES string of the molecule is CC(F)=C(F)c1ccc(C2CCC(c3ccc(-c4cc(F)c(C(F)(F)F)c(F)c4)cc3)OC2)cc1. The fourth-order valence-corrected chi connectivity index (χ4v) is 4.28. The molecule has 35 heavy (non-hydrogen) atoms. The molecule has 1 aliphatic rings. The van der Waals surface area contributed by atoms with E-state index in [1.165, 1.54) is 12.1 Å². The second kappa shape index (κ2) is 9.85. The van der Waals surface area contributed by atoms with Gasteiger partial charge in [0.05, 0.1) is 12.7 Å².